The second kappa shape index (κ2) is 11.2. The van der Waals surface area contributed by atoms with Gasteiger partial charge in [0.2, 0.25) is 12.2 Å². The number of rotatable bonds is 8. The molecule has 1 saturated heterocycles. The van der Waals surface area contributed by atoms with Crippen LogP contribution in [0.15, 0.2) is 24.3 Å². The monoisotopic (exact) mass is 478 g/mol. The Morgan fingerprint density at radius 2 is 1.82 bits per heavy atom. The van der Waals surface area contributed by atoms with Crippen LogP contribution in [-0.4, -0.2) is 75.7 Å². The van der Waals surface area contributed by atoms with Gasteiger partial charge >= 0.3 is 6.16 Å². The van der Waals surface area contributed by atoms with E-state index in [0.717, 1.165) is 30.4 Å². The number of aromatic nitrogens is 2. The van der Waals surface area contributed by atoms with Crippen LogP contribution in [0.25, 0.3) is 0 Å². The lowest BCUT2D eigenvalue weighted by molar-refractivity contribution is -0.278. The second-order valence-electron chi connectivity index (χ2n) is 8.60. The van der Waals surface area contributed by atoms with Crippen LogP contribution in [0.4, 0.5) is 4.79 Å². The van der Waals surface area contributed by atoms with Gasteiger partial charge in [-0.3, -0.25) is 4.68 Å². The summed E-state index contributed by atoms with van der Waals surface area (Å²) in [5.41, 5.74) is 4.07. The molecule has 0 radical (unpaired) electrons. The molecule has 2 aromatic rings. The van der Waals surface area contributed by atoms with Gasteiger partial charge in [0, 0.05) is 23.7 Å². The van der Waals surface area contributed by atoms with Crippen LogP contribution < -0.4 is 4.74 Å². The Balaban J connectivity index is 1.89. The number of nitrogens with zero attached hydrogens (tertiary/aromatic N) is 2. The fourth-order valence-electron chi connectivity index (χ4n) is 4.06. The maximum atomic E-state index is 11.3. The molecule has 0 bridgehead atoms. The van der Waals surface area contributed by atoms with Crippen molar-refractivity contribution in [1.29, 1.82) is 0 Å². The average molecular weight is 479 g/mol. The van der Waals surface area contributed by atoms with Crippen molar-refractivity contribution in [3.63, 3.8) is 0 Å². The number of aryl methyl sites for hydroxylation is 1. The lowest BCUT2D eigenvalue weighted by Crippen LogP contribution is -2.60. The number of aliphatic hydroxyl groups excluding tert-OH is 3. The molecule has 0 amide bonds. The zero-order chi connectivity index (χ0) is 25.0. The summed E-state index contributed by atoms with van der Waals surface area (Å²) in [5.74, 6) is 0.261. The molecule has 3 N–H and O–H groups in total. The van der Waals surface area contributed by atoms with Crippen molar-refractivity contribution in [2.24, 2.45) is 0 Å². The fraction of sp³-hybridized carbons (Fsp3) is 0.583. The summed E-state index contributed by atoms with van der Waals surface area (Å²) in [6.07, 6.45) is -6.64. The highest BCUT2D eigenvalue weighted by Gasteiger charge is 2.46. The summed E-state index contributed by atoms with van der Waals surface area (Å²) < 4.78 is 22.8. The molecule has 1 aromatic carbocycles. The van der Waals surface area contributed by atoms with Crippen molar-refractivity contribution >= 4 is 6.16 Å². The Morgan fingerprint density at radius 3 is 2.44 bits per heavy atom. The lowest BCUT2D eigenvalue weighted by atomic mass is 9.98. The molecule has 0 aliphatic carbocycles. The predicted molar refractivity (Wildman–Crippen MR) is 122 cm³/mol. The molecule has 1 fully saturated rings. The minimum absolute atomic E-state index is 0.0586. The number of carbonyl (C=O) groups is 1. The molecule has 0 saturated carbocycles. The first-order valence-corrected chi connectivity index (χ1v) is 11.4. The van der Waals surface area contributed by atoms with Gasteiger partial charge in [0.1, 0.15) is 31.0 Å². The molecular weight excluding hydrogens is 444 g/mol. The summed E-state index contributed by atoms with van der Waals surface area (Å²) in [4.78, 5) is 11.3. The van der Waals surface area contributed by atoms with E-state index in [2.05, 4.69) is 28.9 Å². The second-order valence-corrected chi connectivity index (χ2v) is 8.60. The Morgan fingerprint density at radius 1 is 1.15 bits per heavy atom. The molecule has 1 aliphatic heterocycles. The van der Waals surface area contributed by atoms with Crippen molar-refractivity contribution in [1.82, 2.24) is 9.78 Å². The van der Waals surface area contributed by atoms with E-state index in [-0.39, 0.29) is 11.9 Å². The summed E-state index contributed by atoms with van der Waals surface area (Å²) >= 11 is 0. The Labute approximate surface area is 199 Å². The van der Waals surface area contributed by atoms with Gasteiger partial charge in [-0.2, -0.15) is 0 Å². The van der Waals surface area contributed by atoms with E-state index in [4.69, 9.17) is 14.2 Å². The summed E-state index contributed by atoms with van der Waals surface area (Å²) in [6, 6.07) is 8.17. The highest BCUT2D eigenvalue weighted by Crippen LogP contribution is 2.31. The summed E-state index contributed by atoms with van der Waals surface area (Å²) in [6.45, 7) is 7.65. The molecule has 34 heavy (non-hydrogen) atoms. The van der Waals surface area contributed by atoms with E-state index in [1.807, 2.05) is 37.6 Å². The van der Waals surface area contributed by atoms with Crippen molar-refractivity contribution in [2.75, 3.05) is 13.7 Å². The van der Waals surface area contributed by atoms with E-state index in [0.29, 0.717) is 6.42 Å². The van der Waals surface area contributed by atoms with Crippen LogP contribution >= 0.6 is 0 Å². The Bertz CT molecular complexity index is 976. The highest BCUT2D eigenvalue weighted by atomic mass is 16.7. The van der Waals surface area contributed by atoms with Gasteiger partial charge in [-0.15, -0.1) is 5.10 Å². The summed E-state index contributed by atoms with van der Waals surface area (Å²) in [7, 11) is 1.15. The zero-order valence-corrected chi connectivity index (χ0v) is 20.2. The maximum Gasteiger partial charge on any atom is 0.508 e. The minimum Gasteiger partial charge on any atom is -0.443 e. The third-order valence-electron chi connectivity index (χ3n) is 6.02. The molecule has 1 aliphatic rings. The molecule has 3 rings (SSSR count). The Hall–Kier alpha value is -2.66. The molecular formula is C24H34N2O8. The van der Waals surface area contributed by atoms with Gasteiger partial charge in [0.25, 0.3) is 0 Å². The smallest absolute Gasteiger partial charge is 0.443 e. The van der Waals surface area contributed by atoms with Gasteiger partial charge in [-0.25, -0.2) is 4.79 Å². The molecule has 0 spiro atoms. The van der Waals surface area contributed by atoms with Crippen molar-refractivity contribution in [3.8, 4) is 5.88 Å². The lowest BCUT2D eigenvalue weighted by Gasteiger charge is -2.39. The maximum absolute atomic E-state index is 11.3. The van der Waals surface area contributed by atoms with Gasteiger partial charge in [-0.1, -0.05) is 31.2 Å². The standard InChI is InChI=1S/C24H34N2O8/c1-6-15-9-7-8-10-16(15)11-17-14(4)26(13(2)3)25-22(17)34-23-21(29)20(28)19(27)18(33-23)12-32-24(30)31-5/h7-10,13,18-21,23,27-29H,6,11-12H2,1-5H3/t18-,19-,20+,21-,23+/m1/s1. The first-order valence-electron chi connectivity index (χ1n) is 11.4. The molecule has 0 unspecified atom stereocenters. The molecule has 10 heteroatoms. The van der Waals surface area contributed by atoms with Crippen LogP contribution in [0.1, 0.15) is 49.2 Å². The molecule has 10 nitrogen and oxygen atoms in total. The number of benzene rings is 1. The van der Waals surface area contributed by atoms with Gasteiger partial charge in [0.15, 0.2) is 0 Å². The molecule has 2 heterocycles. The molecule has 1 aromatic heterocycles. The van der Waals surface area contributed by atoms with E-state index in [9.17, 15) is 20.1 Å². The largest absolute Gasteiger partial charge is 0.508 e. The van der Waals surface area contributed by atoms with Crippen molar-refractivity contribution in [3.05, 3.63) is 46.6 Å². The van der Waals surface area contributed by atoms with E-state index >= 15 is 0 Å². The van der Waals surface area contributed by atoms with Crippen molar-refractivity contribution < 1.29 is 39.1 Å². The van der Waals surface area contributed by atoms with Crippen LogP contribution in [0.2, 0.25) is 0 Å². The number of ether oxygens (including phenoxy) is 4. The predicted octanol–water partition coefficient (Wildman–Crippen LogP) is 1.90. The van der Waals surface area contributed by atoms with Crippen molar-refractivity contribution in [2.45, 2.75) is 77.3 Å². The summed E-state index contributed by atoms with van der Waals surface area (Å²) in [5, 5.41) is 35.7. The van der Waals surface area contributed by atoms with Crippen LogP contribution in [0, 0.1) is 6.92 Å². The van der Waals surface area contributed by atoms with E-state index in [1.54, 1.807) is 0 Å². The first kappa shape index (κ1) is 26.0. The van der Waals surface area contributed by atoms with E-state index in [1.165, 1.54) is 5.56 Å². The highest BCUT2D eigenvalue weighted by molar-refractivity contribution is 5.59. The number of aliphatic hydroxyl groups is 3. The molecule has 5 atom stereocenters. The average Bonchev–Trinajstić information content (AvgIpc) is 3.13. The number of carbonyl (C=O) groups excluding carboxylic acids is 1. The van der Waals surface area contributed by atoms with Crippen LogP contribution in [0.5, 0.6) is 5.88 Å². The third-order valence-corrected chi connectivity index (χ3v) is 6.02. The van der Waals surface area contributed by atoms with Gasteiger partial charge in [0.05, 0.1) is 7.11 Å². The van der Waals surface area contributed by atoms with Crippen LogP contribution in [0.3, 0.4) is 0 Å². The topological polar surface area (TPSA) is 133 Å². The quantitative estimate of drug-likeness (QED) is 0.487. The fourth-order valence-corrected chi connectivity index (χ4v) is 4.06. The third kappa shape index (κ3) is 5.52. The Kier molecular flexibility index (Phi) is 8.53. The number of methoxy groups -OCH3 is 1. The first-order chi connectivity index (χ1) is 16.2. The van der Waals surface area contributed by atoms with Gasteiger partial charge in [-0.05, 0) is 38.3 Å². The molecule has 188 valence electrons. The normalized spacial score (nSPS) is 24.8. The van der Waals surface area contributed by atoms with E-state index < -0.39 is 43.5 Å². The SMILES string of the molecule is CCc1ccccc1Cc1c(O[C@@H]2O[C@H](COC(=O)OC)[C@@H](O)[C@H](O)[C@H]2O)nn(C(C)C)c1C. The number of hydrogen-bond acceptors (Lipinski definition) is 9. The van der Waals surface area contributed by atoms with Gasteiger partial charge < -0.3 is 34.3 Å². The minimum atomic E-state index is -1.58. The van der Waals surface area contributed by atoms with Crippen LogP contribution in [-0.2, 0) is 27.1 Å². The number of hydrogen-bond donors (Lipinski definition) is 3. The zero-order valence-electron chi connectivity index (χ0n) is 20.2.